The van der Waals surface area contributed by atoms with Crippen LogP contribution in [0, 0.1) is 6.92 Å². The summed E-state index contributed by atoms with van der Waals surface area (Å²) in [6.45, 7) is 4.26. The molecule has 5 nitrogen and oxygen atoms in total. The number of sulfonamides is 1. The predicted molar refractivity (Wildman–Crippen MR) is 70.6 cm³/mol. The summed E-state index contributed by atoms with van der Waals surface area (Å²) in [5, 5.41) is 0. The van der Waals surface area contributed by atoms with Gasteiger partial charge in [0.25, 0.3) is 0 Å². The zero-order valence-corrected chi connectivity index (χ0v) is 12.1. The van der Waals surface area contributed by atoms with Crippen molar-refractivity contribution in [1.82, 2.24) is 4.98 Å². The highest BCUT2D eigenvalue weighted by Crippen LogP contribution is 2.17. The lowest BCUT2D eigenvalue weighted by Crippen LogP contribution is -2.20. The van der Waals surface area contributed by atoms with Gasteiger partial charge in [0.15, 0.2) is 0 Å². The molecule has 0 saturated carbocycles. The quantitative estimate of drug-likeness (QED) is 0.642. The van der Waals surface area contributed by atoms with Gasteiger partial charge < -0.3 is 4.74 Å². The molecule has 1 N–H and O–H groups in total. The first-order valence-electron chi connectivity index (χ1n) is 5.16. The van der Waals surface area contributed by atoms with E-state index in [9.17, 15) is 8.42 Å². The van der Waals surface area contributed by atoms with Crippen molar-refractivity contribution in [3.63, 3.8) is 0 Å². The van der Waals surface area contributed by atoms with Gasteiger partial charge in [0.2, 0.25) is 10.0 Å². The number of hydrogen-bond donors (Lipinski definition) is 1. The Kier molecular flexibility index (Phi) is 5.35. The van der Waals surface area contributed by atoms with Gasteiger partial charge in [0.05, 0.1) is 23.7 Å². The minimum absolute atomic E-state index is 0.0592. The van der Waals surface area contributed by atoms with E-state index < -0.39 is 10.0 Å². The third-order valence-electron chi connectivity index (χ3n) is 2.02. The molecule has 0 aliphatic rings. The lowest BCUT2D eigenvalue weighted by molar-refractivity contribution is 0.163. The molecule has 0 bridgehead atoms. The van der Waals surface area contributed by atoms with Gasteiger partial charge >= 0.3 is 0 Å². The molecule has 0 aromatic carbocycles. The van der Waals surface area contributed by atoms with Crippen molar-refractivity contribution in [3.05, 3.63) is 22.4 Å². The molecule has 0 aliphatic carbocycles. The van der Waals surface area contributed by atoms with E-state index in [1.165, 1.54) is 0 Å². The summed E-state index contributed by atoms with van der Waals surface area (Å²) in [6.07, 6.45) is 0. The van der Waals surface area contributed by atoms with Gasteiger partial charge in [-0.05, 0) is 41.9 Å². The van der Waals surface area contributed by atoms with Crippen molar-refractivity contribution in [3.8, 4) is 0 Å². The standard InChI is InChI=1S/C10H15BrN2O3S/c1-3-16-6-7-17(14,15)13-9-4-5-10(11)12-8(9)2/h4-5,13H,3,6-7H2,1-2H3. The number of rotatable bonds is 6. The van der Waals surface area contributed by atoms with Crippen LogP contribution < -0.4 is 4.72 Å². The van der Waals surface area contributed by atoms with Crippen molar-refractivity contribution < 1.29 is 13.2 Å². The normalized spacial score (nSPS) is 11.5. The highest BCUT2D eigenvalue weighted by molar-refractivity contribution is 9.10. The molecule has 96 valence electrons. The van der Waals surface area contributed by atoms with Crippen LogP contribution in [-0.2, 0) is 14.8 Å². The first kappa shape index (κ1) is 14.4. The number of hydrogen-bond acceptors (Lipinski definition) is 4. The molecule has 0 radical (unpaired) electrons. The molecular formula is C10H15BrN2O3S. The summed E-state index contributed by atoms with van der Waals surface area (Å²) in [6, 6.07) is 3.36. The number of nitrogens with zero attached hydrogens (tertiary/aromatic N) is 1. The van der Waals surface area contributed by atoms with Crippen LogP contribution in [0.4, 0.5) is 5.69 Å². The molecule has 1 aromatic rings. The third kappa shape index (κ3) is 5.01. The number of halogens is 1. The van der Waals surface area contributed by atoms with Crippen molar-refractivity contribution >= 4 is 31.6 Å². The van der Waals surface area contributed by atoms with Gasteiger partial charge in [0.1, 0.15) is 4.60 Å². The lowest BCUT2D eigenvalue weighted by atomic mass is 10.3. The van der Waals surface area contributed by atoms with E-state index in [1.807, 2.05) is 6.92 Å². The second kappa shape index (κ2) is 6.32. The van der Waals surface area contributed by atoms with Crippen LogP contribution in [0.1, 0.15) is 12.6 Å². The van der Waals surface area contributed by atoms with Gasteiger partial charge in [-0.15, -0.1) is 0 Å². The van der Waals surface area contributed by atoms with Crippen molar-refractivity contribution in [2.75, 3.05) is 23.7 Å². The van der Waals surface area contributed by atoms with E-state index >= 15 is 0 Å². The molecule has 0 amide bonds. The summed E-state index contributed by atoms with van der Waals surface area (Å²) in [4.78, 5) is 4.11. The molecule has 1 heterocycles. The van der Waals surface area contributed by atoms with Crippen LogP contribution in [0.25, 0.3) is 0 Å². The molecular weight excluding hydrogens is 308 g/mol. The first-order chi connectivity index (χ1) is 7.94. The van der Waals surface area contributed by atoms with Gasteiger partial charge in [-0.3, -0.25) is 4.72 Å². The summed E-state index contributed by atoms with van der Waals surface area (Å²) in [5.74, 6) is -0.0592. The number of ether oxygens (including phenoxy) is 1. The highest BCUT2D eigenvalue weighted by Gasteiger charge is 2.12. The maximum atomic E-state index is 11.7. The second-order valence-corrected chi connectivity index (χ2v) is 6.04. The summed E-state index contributed by atoms with van der Waals surface area (Å²) in [7, 11) is -3.37. The number of nitrogens with one attached hydrogen (secondary N) is 1. The first-order valence-corrected chi connectivity index (χ1v) is 7.60. The van der Waals surface area contributed by atoms with Crippen LogP contribution in [-0.4, -0.2) is 32.4 Å². The summed E-state index contributed by atoms with van der Waals surface area (Å²) in [5.41, 5.74) is 1.11. The SMILES string of the molecule is CCOCCS(=O)(=O)Nc1ccc(Br)nc1C. The van der Waals surface area contributed by atoms with E-state index in [0.29, 0.717) is 22.6 Å². The molecule has 0 aliphatic heterocycles. The maximum Gasteiger partial charge on any atom is 0.235 e. The molecule has 0 fully saturated rings. The van der Waals surface area contributed by atoms with E-state index in [4.69, 9.17) is 4.74 Å². The molecule has 0 atom stereocenters. The van der Waals surface area contributed by atoms with Crippen LogP contribution in [0.2, 0.25) is 0 Å². The Morgan fingerprint density at radius 2 is 2.18 bits per heavy atom. The number of anilines is 1. The lowest BCUT2D eigenvalue weighted by Gasteiger charge is -2.10. The van der Waals surface area contributed by atoms with Crippen molar-refractivity contribution in [2.45, 2.75) is 13.8 Å². The molecule has 7 heteroatoms. The predicted octanol–water partition coefficient (Wildman–Crippen LogP) is 1.93. The zero-order chi connectivity index (χ0) is 12.9. The molecule has 1 aromatic heterocycles. The molecule has 0 saturated heterocycles. The van der Waals surface area contributed by atoms with Crippen LogP contribution in [0.3, 0.4) is 0 Å². The molecule has 1 rings (SSSR count). The molecule has 0 spiro atoms. The Hall–Kier alpha value is -0.660. The van der Waals surface area contributed by atoms with Gasteiger partial charge in [-0.25, -0.2) is 13.4 Å². The average molecular weight is 323 g/mol. The van der Waals surface area contributed by atoms with Crippen molar-refractivity contribution in [2.24, 2.45) is 0 Å². The molecule has 17 heavy (non-hydrogen) atoms. The Bertz CT molecular complexity index is 476. The topological polar surface area (TPSA) is 68.3 Å². The Morgan fingerprint density at radius 1 is 1.47 bits per heavy atom. The monoisotopic (exact) mass is 322 g/mol. The zero-order valence-electron chi connectivity index (χ0n) is 9.73. The fourth-order valence-corrected chi connectivity index (χ4v) is 2.56. The van der Waals surface area contributed by atoms with Gasteiger partial charge in [-0.1, -0.05) is 0 Å². The van der Waals surface area contributed by atoms with Crippen LogP contribution in [0.5, 0.6) is 0 Å². The summed E-state index contributed by atoms with van der Waals surface area (Å²) < 4.78 is 31.5. The maximum absolute atomic E-state index is 11.7. The Balaban J connectivity index is 2.69. The largest absolute Gasteiger partial charge is 0.381 e. The number of pyridine rings is 1. The van der Waals surface area contributed by atoms with Gasteiger partial charge in [-0.2, -0.15) is 0 Å². The third-order valence-corrected chi connectivity index (χ3v) is 3.69. The van der Waals surface area contributed by atoms with E-state index in [0.717, 1.165) is 0 Å². The van der Waals surface area contributed by atoms with E-state index in [-0.39, 0.29) is 12.4 Å². The molecule has 0 unspecified atom stereocenters. The van der Waals surface area contributed by atoms with Crippen LogP contribution >= 0.6 is 15.9 Å². The van der Waals surface area contributed by atoms with Crippen LogP contribution in [0.15, 0.2) is 16.7 Å². The van der Waals surface area contributed by atoms with E-state index in [2.05, 4.69) is 25.6 Å². The Morgan fingerprint density at radius 3 is 2.76 bits per heavy atom. The van der Waals surface area contributed by atoms with Gasteiger partial charge in [0, 0.05) is 6.61 Å². The van der Waals surface area contributed by atoms with E-state index in [1.54, 1.807) is 19.1 Å². The second-order valence-electron chi connectivity index (χ2n) is 3.38. The Labute approximate surface area is 110 Å². The fraction of sp³-hybridized carbons (Fsp3) is 0.500. The smallest absolute Gasteiger partial charge is 0.235 e. The van der Waals surface area contributed by atoms with Crippen molar-refractivity contribution in [1.29, 1.82) is 0 Å². The summed E-state index contributed by atoms with van der Waals surface area (Å²) >= 11 is 3.22. The average Bonchev–Trinajstić information content (AvgIpc) is 2.22. The minimum atomic E-state index is -3.37. The fourth-order valence-electron chi connectivity index (χ4n) is 1.17. The minimum Gasteiger partial charge on any atom is -0.381 e. The number of aromatic nitrogens is 1. The highest BCUT2D eigenvalue weighted by atomic mass is 79.9. The number of aryl methyl sites for hydroxylation is 1.